The van der Waals surface area contributed by atoms with E-state index in [-0.39, 0.29) is 11.9 Å². The molecule has 6 heteroatoms. The van der Waals surface area contributed by atoms with Gasteiger partial charge < -0.3 is 14.5 Å². The van der Waals surface area contributed by atoms with Crippen molar-refractivity contribution in [3.63, 3.8) is 0 Å². The van der Waals surface area contributed by atoms with Gasteiger partial charge in [0.1, 0.15) is 16.9 Å². The summed E-state index contributed by atoms with van der Waals surface area (Å²) in [6.45, 7) is 9.94. The minimum absolute atomic E-state index is 0.284. The zero-order valence-corrected chi connectivity index (χ0v) is 15.2. The van der Waals surface area contributed by atoms with Crippen molar-refractivity contribution in [3.8, 4) is 0 Å². The second-order valence-electron chi connectivity index (χ2n) is 7.37. The van der Waals surface area contributed by atoms with E-state index in [4.69, 9.17) is 4.74 Å². The number of hydrogen-bond acceptors (Lipinski definition) is 4. The van der Waals surface area contributed by atoms with Gasteiger partial charge in [-0.05, 0) is 52.0 Å². The van der Waals surface area contributed by atoms with Gasteiger partial charge in [-0.25, -0.2) is 14.2 Å². The number of hydrogen-bond donors (Lipinski definition) is 0. The average molecular weight is 345 g/mol. The van der Waals surface area contributed by atoms with Crippen molar-refractivity contribution >= 4 is 22.7 Å². The van der Waals surface area contributed by atoms with Crippen molar-refractivity contribution in [1.82, 2.24) is 9.88 Å². The van der Waals surface area contributed by atoms with Crippen LogP contribution in [0.3, 0.4) is 0 Å². The summed E-state index contributed by atoms with van der Waals surface area (Å²) in [5.74, 6) is -0.310. The number of amides is 1. The summed E-state index contributed by atoms with van der Waals surface area (Å²) in [4.78, 5) is 20.4. The van der Waals surface area contributed by atoms with Crippen LogP contribution in [0.1, 0.15) is 26.5 Å². The molecule has 1 aromatic heterocycles. The molecule has 0 aliphatic carbocycles. The van der Waals surface area contributed by atoms with Crippen LogP contribution in [0.5, 0.6) is 0 Å². The summed E-state index contributed by atoms with van der Waals surface area (Å²) in [6.07, 6.45) is -0.284. The van der Waals surface area contributed by atoms with E-state index in [9.17, 15) is 9.18 Å². The van der Waals surface area contributed by atoms with Crippen LogP contribution in [-0.4, -0.2) is 47.8 Å². The summed E-state index contributed by atoms with van der Waals surface area (Å²) in [6, 6.07) is 7.06. The molecule has 2 heterocycles. The number of aryl methyl sites for hydroxylation is 1. The molecule has 0 radical (unpaired) electrons. The fourth-order valence-corrected chi connectivity index (χ4v) is 3.00. The van der Waals surface area contributed by atoms with Gasteiger partial charge in [0.15, 0.2) is 0 Å². The minimum atomic E-state index is -0.495. The molecule has 3 rings (SSSR count). The molecule has 0 saturated carbocycles. The lowest BCUT2D eigenvalue weighted by atomic mass is 10.1. The predicted octanol–water partition coefficient (Wildman–Crippen LogP) is 3.74. The highest BCUT2D eigenvalue weighted by atomic mass is 19.1. The topological polar surface area (TPSA) is 45.7 Å². The molecule has 0 spiro atoms. The van der Waals surface area contributed by atoms with E-state index in [2.05, 4.69) is 9.88 Å². The fraction of sp³-hybridized carbons (Fsp3) is 0.474. The maximum absolute atomic E-state index is 14.1. The third-order valence-electron chi connectivity index (χ3n) is 4.20. The number of piperazine rings is 1. The molecular formula is C19H24FN3O2. The van der Waals surface area contributed by atoms with E-state index in [1.807, 2.05) is 39.8 Å². The number of halogens is 1. The number of ether oxygens (including phenoxy) is 1. The smallest absolute Gasteiger partial charge is 0.410 e. The van der Waals surface area contributed by atoms with Crippen molar-refractivity contribution in [2.24, 2.45) is 0 Å². The lowest BCUT2D eigenvalue weighted by Crippen LogP contribution is -2.50. The van der Waals surface area contributed by atoms with Gasteiger partial charge in [-0.1, -0.05) is 0 Å². The van der Waals surface area contributed by atoms with E-state index in [0.717, 1.165) is 16.8 Å². The Hall–Kier alpha value is -2.37. The largest absolute Gasteiger partial charge is 0.444 e. The Morgan fingerprint density at radius 3 is 2.44 bits per heavy atom. The number of fused-ring (bicyclic) bond motifs is 1. The minimum Gasteiger partial charge on any atom is -0.444 e. The number of anilines is 1. The SMILES string of the molecule is Cc1ccc2c(N3CCN(C(=O)OC(C)(C)C)CC3)ccc(F)c2n1. The van der Waals surface area contributed by atoms with E-state index >= 15 is 0 Å². The number of carbonyl (C=O) groups excluding carboxylic acids is 1. The first-order chi connectivity index (χ1) is 11.7. The molecule has 1 saturated heterocycles. The van der Waals surface area contributed by atoms with Crippen molar-refractivity contribution in [1.29, 1.82) is 0 Å². The van der Waals surface area contributed by atoms with Gasteiger partial charge in [0.25, 0.3) is 0 Å². The molecule has 1 amide bonds. The third kappa shape index (κ3) is 3.83. The fourth-order valence-electron chi connectivity index (χ4n) is 3.00. The van der Waals surface area contributed by atoms with E-state index in [0.29, 0.717) is 31.7 Å². The van der Waals surface area contributed by atoms with Crippen molar-refractivity contribution in [3.05, 3.63) is 35.8 Å². The van der Waals surface area contributed by atoms with Crippen molar-refractivity contribution in [2.45, 2.75) is 33.3 Å². The van der Waals surface area contributed by atoms with E-state index < -0.39 is 5.60 Å². The monoisotopic (exact) mass is 345 g/mol. The summed E-state index contributed by atoms with van der Waals surface area (Å²) >= 11 is 0. The van der Waals surface area contributed by atoms with Crippen LogP contribution in [-0.2, 0) is 4.74 Å². The Balaban J connectivity index is 1.77. The van der Waals surface area contributed by atoms with Gasteiger partial charge in [0.05, 0.1) is 0 Å². The Bertz CT molecular complexity index is 793. The average Bonchev–Trinajstić information content (AvgIpc) is 2.54. The van der Waals surface area contributed by atoms with Crippen LogP contribution in [0.25, 0.3) is 10.9 Å². The standard InChI is InChI=1S/C19H24FN3O2/c1-13-5-6-14-16(8-7-15(20)17(14)21-13)22-9-11-23(12-10-22)18(24)25-19(2,3)4/h5-8H,9-12H2,1-4H3. The maximum atomic E-state index is 14.1. The van der Waals surface area contributed by atoms with Gasteiger partial charge in [0.2, 0.25) is 0 Å². The number of pyridine rings is 1. The molecule has 134 valence electrons. The number of carbonyl (C=O) groups is 1. The van der Waals surface area contributed by atoms with Crippen LogP contribution in [0.4, 0.5) is 14.9 Å². The first-order valence-electron chi connectivity index (χ1n) is 8.53. The summed E-state index contributed by atoms with van der Waals surface area (Å²) in [5, 5.41) is 0.802. The molecule has 1 aliphatic heterocycles. The zero-order valence-electron chi connectivity index (χ0n) is 15.2. The normalized spacial score (nSPS) is 15.6. The number of benzene rings is 1. The molecule has 0 bridgehead atoms. The highest BCUT2D eigenvalue weighted by Crippen LogP contribution is 2.29. The quantitative estimate of drug-likeness (QED) is 0.790. The van der Waals surface area contributed by atoms with Crippen LogP contribution in [0, 0.1) is 12.7 Å². The molecule has 0 atom stereocenters. The summed E-state index contributed by atoms with van der Waals surface area (Å²) < 4.78 is 19.5. The van der Waals surface area contributed by atoms with Crippen LogP contribution in [0.15, 0.2) is 24.3 Å². The van der Waals surface area contributed by atoms with E-state index in [1.54, 1.807) is 11.0 Å². The molecular weight excluding hydrogens is 321 g/mol. The van der Waals surface area contributed by atoms with Gasteiger partial charge in [-0.2, -0.15) is 0 Å². The van der Waals surface area contributed by atoms with Crippen molar-refractivity contribution in [2.75, 3.05) is 31.1 Å². The molecule has 0 N–H and O–H groups in total. The van der Waals surface area contributed by atoms with Gasteiger partial charge >= 0.3 is 6.09 Å². The number of nitrogens with zero attached hydrogens (tertiary/aromatic N) is 3. The van der Waals surface area contributed by atoms with Crippen LogP contribution in [0.2, 0.25) is 0 Å². The zero-order chi connectivity index (χ0) is 18.2. The second-order valence-corrected chi connectivity index (χ2v) is 7.37. The Labute approximate surface area is 147 Å². The third-order valence-corrected chi connectivity index (χ3v) is 4.20. The Kier molecular flexibility index (Phi) is 4.54. The van der Waals surface area contributed by atoms with Crippen LogP contribution < -0.4 is 4.90 Å². The lowest BCUT2D eigenvalue weighted by Gasteiger charge is -2.37. The van der Waals surface area contributed by atoms with Crippen LogP contribution >= 0.6 is 0 Å². The first kappa shape index (κ1) is 17.5. The molecule has 25 heavy (non-hydrogen) atoms. The molecule has 0 unspecified atom stereocenters. The van der Waals surface area contributed by atoms with Crippen molar-refractivity contribution < 1.29 is 13.9 Å². The molecule has 2 aromatic rings. The second kappa shape index (κ2) is 6.50. The van der Waals surface area contributed by atoms with Gasteiger partial charge in [-0.15, -0.1) is 0 Å². The Morgan fingerprint density at radius 2 is 1.80 bits per heavy atom. The Morgan fingerprint density at radius 1 is 1.12 bits per heavy atom. The molecule has 1 fully saturated rings. The summed E-state index contributed by atoms with van der Waals surface area (Å²) in [5.41, 5.74) is 1.64. The molecule has 1 aliphatic rings. The predicted molar refractivity (Wildman–Crippen MR) is 96.5 cm³/mol. The van der Waals surface area contributed by atoms with Gasteiger partial charge in [0, 0.05) is 42.9 Å². The number of aromatic nitrogens is 1. The summed E-state index contributed by atoms with van der Waals surface area (Å²) in [7, 11) is 0. The molecule has 1 aromatic carbocycles. The highest BCUT2D eigenvalue weighted by molar-refractivity contribution is 5.92. The lowest BCUT2D eigenvalue weighted by molar-refractivity contribution is 0.0240. The van der Waals surface area contributed by atoms with E-state index in [1.165, 1.54) is 6.07 Å². The highest BCUT2D eigenvalue weighted by Gasteiger charge is 2.26. The van der Waals surface area contributed by atoms with Gasteiger partial charge in [-0.3, -0.25) is 0 Å². The first-order valence-corrected chi connectivity index (χ1v) is 8.53. The maximum Gasteiger partial charge on any atom is 0.410 e. The number of rotatable bonds is 1. The molecule has 5 nitrogen and oxygen atoms in total.